The van der Waals surface area contributed by atoms with Crippen molar-refractivity contribution in [1.82, 2.24) is 0 Å². The lowest BCUT2D eigenvalue weighted by atomic mass is 9.66. The molecule has 0 unspecified atom stereocenters. The van der Waals surface area contributed by atoms with Gasteiger partial charge in [0.1, 0.15) is 4.88 Å². The first-order valence-corrected chi connectivity index (χ1v) is 6.69. The molecule has 0 amide bonds. The summed E-state index contributed by atoms with van der Waals surface area (Å²) in [5.74, 6) is -0.297. The lowest BCUT2D eigenvalue weighted by Gasteiger charge is -2.38. The van der Waals surface area contributed by atoms with E-state index in [4.69, 9.17) is 4.74 Å². The van der Waals surface area contributed by atoms with Gasteiger partial charge in [0.25, 0.3) is 0 Å². The van der Waals surface area contributed by atoms with Crippen LogP contribution in [0.25, 0.3) is 0 Å². The van der Waals surface area contributed by atoms with E-state index in [0.29, 0.717) is 16.4 Å². The summed E-state index contributed by atoms with van der Waals surface area (Å²) < 4.78 is 5.05. The molecular weight excluding hydrogens is 236 g/mol. The third-order valence-corrected chi connectivity index (χ3v) is 4.48. The molecule has 2 rings (SSSR count). The monoisotopic (exact) mass is 252 g/mol. The Hall–Kier alpha value is -1.16. The van der Waals surface area contributed by atoms with Crippen molar-refractivity contribution in [2.75, 3.05) is 6.61 Å². The second-order valence-electron chi connectivity index (χ2n) is 4.64. The molecule has 0 aromatic carbocycles. The second-order valence-corrected chi connectivity index (χ2v) is 5.73. The minimum Gasteiger partial charge on any atom is -0.462 e. The van der Waals surface area contributed by atoms with Gasteiger partial charge < -0.3 is 4.74 Å². The molecular formula is C13H16O3S. The van der Waals surface area contributed by atoms with Crippen LogP contribution < -0.4 is 0 Å². The number of hydrogen-bond donors (Lipinski definition) is 0. The molecule has 3 nitrogen and oxygen atoms in total. The molecule has 0 aliphatic heterocycles. The van der Waals surface area contributed by atoms with Crippen LogP contribution in [0.5, 0.6) is 0 Å². The first kappa shape index (κ1) is 12.3. The van der Waals surface area contributed by atoms with Crippen molar-refractivity contribution < 1.29 is 14.3 Å². The van der Waals surface area contributed by atoms with Gasteiger partial charge in [-0.1, -0.05) is 13.3 Å². The Morgan fingerprint density at radius 1 is 1.59 bits per heavy atom. The molecule has 1 fully saturated rings. The van der Waals surface area contributed by atoms with Crippen LogP contribution >= 0.6 is 11.3 Å². The van der Waals surface area contributed by atoms with Gasteiger partial charge in [-0.05, 0) is 36.8 Å². The molecule has 1 aromatic rings. The Morgan fingerprint density at radius 2 is 2.29 bits per heavy atom. The zero-order valence-corrected chi connectivity index (χ0v) is 10.9. The second kappa shape index (κ2) is 4.61. The topological polar surface area (TPSA) is 43.4 Å². The minimum atomic E-state index is -0.297. The summed E-state index contributed by atoms with van der Waals surface area (Å²) in [4.78, 5) is 23.9. The molecule has 17 heavy (non-hydrogen) atoms. The van der Waals surface area contributed by atoms with Crippen LogP contribution in [0.3, 0.4) is 0 Å². The predicted molar refractivity (Wildman–Crippen MR) is 66.9 cm³/mol. The summed E-state index contributed by atoms with van der Waals surface area (Å²) in [6.07, 6.45) is 4.15. The van der Waals surface area contributed by atoms with Crippen molar-refractivity contribution in [3.05, 3.63) is 21.4 Å². The van der Waals surface area contributed by atoms with E-state index in [2.05, 4.69) is 6.92 Å². The third-order valence-electron chi connectivity index (χ3n) is 3.44. The molecule has 0 bridgehead atoms. The van der Waals surface area contributed by atoms with Gasteiger partial charge in [-0.3, -0.25) is 4.79 Å². The van der Waals surface area contributed by atoms with Gasteiger partial charge in [0.15, 0.2) is 6.29 Å². The van der Waals surface area contributed by atoms with Crippen LogP contribution in [0.1, 0.15) is 58.0 Å². The zero-order chi connectivity index (χ0) is 12.5. The predicted octanol–water partition coefficient (Wildman–Crippen LogP) is 3.18. The molecule has 0 spiro atoms. The maximum Gasteiger partial charge on any atom is 0.348 e. The van der Waals surface area contributed by atoms with Gasteiger partial charge in [-0.25, -0.2) is 4.79 Å². The van der Waals surface area contributed by atoms with Gasteiger partial charge in [-0.2, -0.15) is 0 Å². The highest BCUT2D eigenvalue weighted by Crippen LogP contribution is 2.46. The Balaban J connectivity index is 2.38. The average Bonchev–Trinajstić information content (AvgIpc) is 2.70. The Labute approximate surface area is 105 Å². The van der Waals surface area contributed by atoms with E-state index >= 15 is 0 Å². The number of thiophene rings is 1. The number of hydrogen-bond acceptors (Lipinski definition) is 4. The number of aldehydes is 1. The summed E-state index contributed by atoms with van der Waals surface area (Å²) in [5.41, 5.74) is 1.05. The van der Waals surface area contributed by atoms with Crippen LogP contribution in [0.2, 0.25) is 0 Å². The number of ether oxygens (including phenoxy) is 1. The fourth-order valence-corrected chi connectivity index (χ4v) is 3.26. The number of carbonyl (C=O) groups excluding carboxylic acids is 2. The van der Waals surface area contributed by atoms with E-state index < -0.39 is 0 Å². The normalized spacial score (nSPS) is 17.3. The van der Waals surface area contributed by atoms with Crippen molar-refractivity contribution in [3.63, 3.8) is 0 Å². The SMILES string of the molecule is CCOC(=O)c1sc(C=O)cc1C1(C)CCC1. The summed E-state index contributed by atoms with van der Waals surface area (Å²) in [7, 11) is 0. The minimum absolute atomic E-state index is 0.0554. The highest BCUT2D eigenvalue weighted by atomic mass is 32.1. The van der Waals surface area contributed by atoms with Crippen LogP contribution in [0.4, 0.5) is 0 Å². The van der Waals surface area contributed by atoms with E-state index in [1.54, 1.807) is 6.92 Å². The van der Waals surface area contributed by atoms with Crippen LogP contribution in [0.15, 0.2) is 6.07 Å². The van der Waals surface area contributed by atoms with Crippen LogP contribution in [-0.4, -0.2) is 18.9 Å². The molecule has 0 radical (unpaired) electrons. The highest BCUT2D eigenvalue weighted by molar-refractivity contribution is 7.15. The number of rotatable bonds is 4. The quantitative estimate of drug-likeness (QED) is 0.610. The molecule has 1 aromatic heterocycles. The first-order chi connectivity index (χ1) is 8.10. The molecule has 1 heterocycles. The zero-order valence-electron chi connectivity index (χ0n) is 10.1. The Kier molecular flexibility index (Phi) is 3.33. The van der Waals surface area contributed by atoms with Gasteiger partial charge in [-0.15, -0.1) is 11.3 Å². The average molecular weight is 252 g/mol. The summed E-state index contributed by atoms with van der Waals surface area (Å²) in [6.45, 7) is 4.30. The number of esters is 1. The molecule has 0 atom stereocenters. The lowest BCUT2D eigenvalue weighted by Crippen LogP contribution is -2.31. The van der Waals surface area contributed by atoms with E-state index in [1.807, 2.05) is 6.07 Å². The molecule has 1 saturated carbocycles. The third kappa shape index (κ3) is 2.14. The Morgan fingerprint density at radius 3 is 2.76 bits per heavy atom. The van der Waals surface area contributed by atoms with Crippen molar-refractivity contribution in [3.8, 4) is 0 Å². The molecule has 4 heteroatoms. The highest BCUT2D eigenvalue weighted by Gasteiger charge is 2.38. The largest absolute Gasteiger partial charge is 0.462 e. The maximum absolute atomic E-state index is 11.9. The van der Waals surface area contributed by atoms with E-state index in [9.17, 15) is 9.59 Å². The van der Waals surface area contributed by atoms with Crippen LogP contribution in [-0.2, 0) is 10.2 Å². The molecule has 0 saturated heterocycles. The molecule has 0 N–H and O–H groups in total. The van der Waals surface area contributed by atoms with Gasteiger partial charge in [0.2, 0.25) is 0 Å². The lowest BCUT2D eigenvalue weighted by molar-refractivity contribution is 0.0527. The van der Waals surface area contributed by atoms with Gasteiger partial charge >= 0.3 is 5.97 Å². The van der Waals surface area contributed by atoms with Crippen LogP contribution in [0, 0.1) is 0 Å². The van der Waals surface area contributed by atoms with E-state index in [0.717, 1.165) is 24.7 Å². The van der Waals surface area contributed by atoms with Crippen molar-refractivity contribution in [1.29, 1.82) is 0 Å². The van der Waals surface area contributed by atoms with Crippen molar-refractivity contribution >= 4 is 23.6 Å². The van der Waals surface area contributed by atoms with Gasteiger partial charge in [0, 0.05) is 0 Å². The van der Waals surface area contributed by atoms with E-state index in [-0.39, 0.29) is 11.4 Å². The van der Waals surface area contributed by atoms with Crippen molar-refractivity contribution in [2.24, 2.45) is 0 Å². The summed E-state index contributed by atoms with van der Waals surface area (Å²) >= 11 is 1.24. The van der Waals surface area contributed by atoms with Crippen molar-refractivity contribution in [2.45, 2.75) is 38.5 Å². The molecule has 1 aliphatic rings. The molecule has 92 valence electrons. The first-order valence-electron chi connectivity index (χ1n) is 5.87. The van der Waals surface area contributed by atoms with E-state index in [1.165, 1.54) is 17.8 Å². The fraction of sp³-hybridized carbons (Fsp3) is 0.538. The van der Waals surface area contributed by atoms with Gasteiger partial charge in [0.05, 0.1) is 11.5 Å². The standard InChI is InChI=1S/C13H16O3S/c1-3-16-12(15)11-10(7-9(8-14)17-11)13(2)5-4-6-13/h7-8H,3-6H2,1-2H3. The summed E-state index contributed by atoms with van der Waals surface area (Å²) in [5, 5.41) is 0. The summed E-state index contributed by atoms with van der Waals surface area (Å²) in [6, 6.07) is 1.85. The fourth-order valence-electron chi connectivity index (χ4n) is 2.24. The Bertz CT molecular complexity index is 444. The maximum atomic E-state index is 11.9. The molecule has 1 aliphatic carbocycles. The number of carbonyl (C=O) groups is 2. The smallest absolute Gasteiger partial charge is 0.348 e.